The van der Waals surface area contributed by atoms with Gasteiger partial charge >= 0.3 is 5.97 Å². The predicted molar refractivity (Wildman–Crippen MR) is 80.8 cm³/mol. The monoisotopic (exact) mass is 344 g/mol. The van der Waals surface area contributed by atoms with Crippen LogP contribution >= 0.6 is 23.2 Å². The molecule has 0 saturated heterocycles. The Balaban J connectivity index is 2.36. The Morgan fingerprint density at radius 3 is 2.38 bits per heavy atom. The van der Waals surface area contributed by atoms with E-state index in [1.165, 1.54) is 12.1 Å². The molecule has 0 aliphatic heterocycles. The van der Waals surface area contributed by atoms with Crippen LogP contribution in [-0.4, -0.2) is 19.5 Å². The summed E-state index contributed by atoms with van der Waals surface area (Å²) in [4.78, 5) is 10.8. The van der Waals surface area contributed by atoms with Gasteiger partial charge in [-0.3, -0.25) is 0 Å². The number of benzene rings is 2. The van der Waals surface area contributed by atoms with Crippen molar-refractivity contribution in [1.82, 2.24) is 0 Å². The summed E-state index contributed by atoms with van der Waals surface area (Å²) in [5, 5.41) is 9.21. The second-order valence-electron chi connectivity index (χ2n) is 4.34. The van der Waals surface area contributed by atoms with Gasteiger partial charge < -0.3 is 5.11 Å². The highest BCUT2D eigenvalue weighted by Gasteiger charge is 2.18. The molecule has 2 aromatic rings. The van der Waals surface area contributed by atoms with Gasteiger partial charge in [0.15, 0.2) is 9.84 Å². The van der Waals surface area contributed by atoms with Crippen molar-refractivity contribution >= 4 is 39.0 Å². The molecule has 0 spiro atoms. The molecule has 0 unspecified atom stereocenters. The number of hydrogen-bond donors (Lipinski definition) is 1. The molecule has 0 heterocycles. The van der Waals surface area contributed by atoms with Crippen LogP contribution < -0.4 is 0 Å². The van der Waals surface area contributed by atoms with Crippen LogP contribution in [0.2, 0.25) is 10.0 Å². The number of aromatic carboxylic acids is 1. The summed E-state index contributed by atoms with van der Waals surface area (Å²) in [5.74, 6) is -1.45. The molecule has 7 heteroatoms. The minimum atomic E-state index is -3.63. The highest BCUT2D eigenvalue weighted by molar-refractivity contribution is 7.90. The Labute approximate surface area is 131 Å². The van der Waals surface area contributed by atoms with E-state index in [9.17, 15) is 13.2 Å². The Hall–Kier alpha value is -1.56. The second-order valence-corrected chi connectivity index (χ2v) is 7.17. The summed E-state index contributed by atoms with van der Waals surface area (Å²) in [6.07, 6.45) is 0. The summed E-state index contributed by atoms with van der Waals surface area (Å²) in [6, 6.07) is 10.1. The minimum Gasteiger partial charge on any atom is -0.478 e. The standard InChI is InChI=1S/C14H10Cl2O4S/c15-10-3-1-2-9(6-10)8-21(19,20)11-4-5-12(14(17)18)13(16)7-11/h1-7H,8H2,(H,17,18). The molecule has 0 fully saturated rings. The molecule has 0 aromatic heterocycles. The van der Waals surface area contributed by atoms with Crippen LogP contribution in [-0.2, 0) is 15.6 Å². The van der Waals surface area contributed by atoms with Gasteiger partial charge in [-0.2, -0.15) is 0 Å². The van der Waals surface area contributed by atoms with Gasteiger partial charge in [0.1, 0.15) is 0 Å². The van der Waals surface area contributed by atoms with E-state index in [4.69, 9.17) is 28.3 Å². The maximum absolute atomic E-state index is 12.3. The molecule has 2 aromatic carbocycles. The number of hydrogen-bond acceptors (Lipinski definition) is 3. The van der Waals surface area contributed by atoms with Crippen molar-refractivity contribution in [3.05, 3.63) is 63.6 Å². The van der Waals surface area contributed by atoms with Gasteiger partial charge in [0.05, 0.1) is 21.2 Å². The summed E-state index contributed by atoms with van der Waals surface area (Å²) in [6.45, 7) is 0. The Morgan fingerprint density at radius 1 is 1.10 bits per heavy atom. The highest BCUT2D eigenvalue weighted by atomic mass is 35.5. The zero-order valence-electron chi connectivity index (χ0n) is 10.6. The average molecular weight is 345 g/mol. The molecule has 1 N–H and O–H groups in total. The highest BCUT2D eigenvalue weighted by Crippen LogP contribution is 2.24. The van der Waals surface area contributed by atoms with Crippen molar-refractivity contribution in [3.8, 4) is 0 Å². The fourth-order valence-corrected chi connectivity index (χ4v) is 3.69. The van der Waals surface area contributed by atoms with Crippen LogP contribution in [0.15, 0.2) is 47.4 Å². The minimum absolute atomic E-state index is 0.0301. The number of carbonyl (C=O) groups is 1. The molecule has 0 amide bonds. The molecule has 21 heavy (non-hydrogen) atoms. The van der Waals surface area contributed by atoms with Gasteiger partial charge in [-0.25, -0.2) is 13.2 Å². The fraction of sp³-hybridized carbons (Fsp3) is 0.0714. The van der Waals surface area contributed by atoms with Crippen molar-refractivity contribution in [2.75, 3.05) is 0 Å². The van der Waals surface area contributed by atoms with Crippen LogP contribution in [0.5, 0.6) is 0 Å². The van der Waals surface area contributed by atoms with Gasteiger partial charge in [-0.15, -0.1) is 0 Å². The first-order valence-corrected chi connectivity index (χ1v) is 8.20. The lowest BCUT2D eigenvalue weighted by atomic mass is 10.2. The fourth-order valence-electron chi connectivity index (χ4n) is 1.79. The van der Waals surface area contributed by atoms with E-state index in [1.807, 2.05) is 0 Å². The van der Waals surface area contributed by atoms with Crippen LogP contribution in [0.3, 0.4) is 0 Å². The van der Waals surface area contributed by atoms with Crippen LogP contribution in [0.1, 0.15) is 15.9 Å². The Kier molecular flexibility index (Phi) is 4.56. The largest absolute Gasteiger partial charge is 0.478 e. The van der Waals surface area contributed by atoms with E-state index in [0.29, 0.717) is 10.6 Å². The summed E-state index contributed by atoms with van der Waals surface area (Å²) >= 11 is 11.6. The maximum atomic E-state index is 12.3. The summed E-state index contributed by atoms with van der Waals surface area (Å²) < 4.78 is 24.6. The Morgan fingerprint density at radius 2 is 1.81 bits per heavy atom. The van der Waals surface area contributed by atoms with Crippen molar-refractivity contribution in [3.63, 3.8) is 0 Å². The predicted octanol–water partition coefficient (Wildman–Crippen LogP) is 3.67. The van der Waals surface area contributed by atoms with Gasteiger partial charge in [-0.1, -0.05) is 35.3 Å². The topological polar surface area (TPSA) is 71.4 Å². The SMILES string of the molecule is O=C(O)c1ccc(S(=O)(=O)Cc2cccc(Cl)c2)cc1Cl. The second kappa shape index (κ2) is 6.05. The maximum Gasteiger partial charge on any atom is 0.337 e. The number of carboxylic acid groups (broad SMARTS) is 1. The van der Waals surface area contributed by atoms with Crippen molar-refractivity contribution in [1.29, 1.82) is 0 Å². The van der Waals surface area contributed by atoms with E-state index in [2.05, 4.69) is 0 Å². The lowest BCUT2D eigenvalue weighted by Gasteiger charge is -2.07. The summed E-state index contributed by atoms with van der Waals surface area (Å²) in [7, 11) is -3.63. The van der Waals surface area contributed by atoms with Gasteiger partial charge in [0.2, 0.25) is 0 Å². The molecule has 0 atom stereocenters. The first kappa shape index (κ1) is 15.8. The van der Waals surface area contributed by atoms with Gasteiger partial charge in [0.25, 0.3) is 0 Å². The lowest BCUT2D eigenvalue weighted by molar-refractivity contribution is 0.0697. The van der Waals surface area contributed by atoms with Crippen molar-refractivity contribution < 1.29 is 18.3 Å². The number of halogens is 2. The molecule has 0 aliphatic carbocycles. The third-order valence-electron chi connectivity index (χ3n) is 2.78. The van der Waals surface area contributed by atoms with Gasteiger partial charge in [-0.05, 0) is 35.9 Å². The number of rotatable bonds is 4. The molecule has 0 bridgehead atoms. The van der Waals surface area contributed by atoms with E-state index < -0.39 is 15.8 Å². The van der Waals surface area contributed by atoms with Crippen molar-refractivity contribution in [2.24, 2.45) is 0 Å². The molecule has 2 rings (SSSR count). The van der Waals surface area contributed by atoms with E-state index in [0.717, 1.165) is 6.07 Å². The molecule has 110 valence electrons. The smallest absolute Gasteiger partial charge is 0.337 e. The summed E-state index contributed by atoms with van der Waals surface area (Å²) in [5.41, 5.74) is 0.402. The van der Waals surface area contributed by atoms with Crippen LogP contribution in [0, 0.1) is 0 Å². The molecular weight excluding hydrogens is 335 g/mol. The average Bonchev–Trinajstić information content (AvgIpc) is 2.37. The molecule has 4 nitrogen and oxygen atoms in total. The van der Waals surface area contributed by atoms with E-state index >= 15 is 0 Å². The molecular formula is C14H10Cl2O4S. The van der Waals surface area contributed by atoms with Gasteiger partial charge in [0, 0.05) is 5.02 Å². The zero-order chi connectivity index (χ0) is 15.6. The molecule has 0 aliphatic rings. The van der Waals surface area contributed by atoms with Crippen LogP contribution in [0.25, 0.3) is 0 Å². The molecule has 0 saturated carbocycles. The van der Waals surface area contributed by atoms with Crippen LogP contribution in [0.4, 0.5) is 0 Å². The van der Waals surface area contributed by atoms with E-state index in [1.54, 1.807) is 24.3 Å². The Bertz CT molecular complexity index is 800. The van der Waals surface area contributed by atoms with E-state index in [-0.39, 0.29) is 21.2 Å². The number of carboxylic acids is 1. The first-order valence-electron chi connectivity index (χ1n) is 5.79. The first-order chi connectivity index (χ1) is 9.79. The van der Waals surface area contributed by atoms with Crippen molar-refractivity contribution in [2.45, 2.75) is 10.6 Å². The normalized spacial score (nSPS) is 11.3. The zero-order valence-corrected chi connectivity index (χ0v) is 12.9. The number of sulfone groups is 1. The molecule has 0 radical (unpaired) electrons. The lowest BCUT2D eigenvalue weighted by Crippen LogP contribution is -2.06. The third-order valence-corrected chi connectivity index (χ3v) is 5.01. The third kappa shape index (κ3) is 3.75. The quantitative estimate of drug-likeness (QED) is 0.918.